The lowest BCUT2D eigenvalue weighted by Gasteiger charge is -2.13. The zero-order valence-electron chi connectivity index (χ0n) is 20.2. The third-order valence-electron chi connectivity index (χ3n) is 5.63. The Bertz CT molecular complexity index is 1430. The topological polar surface area (TPSA) is 149 Å². The van der Waals surface area contributed by atoms with Crippen LogP contribution in [-0.4, -0.2) is 55.4 Å². The largest absolute Gasteiger partial charge is 0.379 e. The highest BCUT2D eigenvalue weighted by atomic mass is 16.5. The highest BCUT2D eigenvalue weighted by Gasteiger charge is 2.18. The van der Waals surface area contributed by atoms with Crippen LogP contribution in [0.2, 0.25) is 0 Å². The molecule has 1 atom stereocenters. The van der Waals surface area contributed by atoms with Crippen molar-refractivity contribution in [2.45, 2.75) is 32.4 Å². The fourth-order valence-corrected chi connectivity index (χ4v) is 3.84. The molecule has 11 nitrogen and oxygen atoms in total. The van der Waals surface area contributed by atoms with E-state index in [4.69, 9.17) is 24.3 Å². The lowest BCUT2D eigenvalue weighted by Crippen LogP contribution is -2.20. The second-order valence-electron chi connectivity index (χ2n) is 8.22. The van der Waals surface area contributed by atoms with Crippen molar-refractivity contribution in [2.24, 2.45) is 0 Å². The lowest BCUT2D eigenvalue weighted by atomic mass is 10.1. The van der Waals surface area contributed by atoms with Crippen LogP contribution >= 0.6 is 0 Å². The van der Waals surface area contributed by atoms with Crippen LogP contribution in [0.25, 0.3) is 22.6 Å². The summed E-state index contributed by atoms with van der Waals surface area (Å²) in [7, 11) is 0. The van der Waals surface area contributed by atoms with Crippen LogP contribution in [0.1, 0.15) is 30.3 Å². The quantitative estimate of drug-likeness (QED) is 0.405. The summed E-state index contributed by atoms with van der Waals surface area (Å²) in [4.78, 5) is 30.3. The summed E-state index contributed by atoms with van der Waals surface area (Å²) >= 11 is 0. The van der Waals surface area contributed by atoms with E-state index in [1.165, 1.54) is 0 Å². The summed E-state index contributed by atoms with van der Waals surface area (Å²) in [6.07, 6.45) is 3.89. The summed E-state index contributed by atoms with van der Waals surface area (Å²) in [5.74, 6) is 0.497. The van der Waals surface area contributed by atoms with Gasteiger partial charge >= 0.3 is 6.15 Å². The summed E-state index contributed by atoms with van der Waals surface area (Å²) in [5.41, 5.74) is 5.37. The molecule has 37 heavy (non-hydrogen) atoms. The van der Waals surface area contributed by atoms with Crippen LogP contribution in [0, 0.1) is 11.3 Å². The number of nitrogens with zero attached hydrogens (tertiary/aromatic N) is 7. The number of aryl methyl sites for hydroxylation is 1. The molecule has 0 aliphatic carbocycles. The second kappa shape index (κ2) is 12.3. The number of anilines is 1. The van der Waals surface area contributed by atoms with Crippen LogP contribution in [0.3, 0.4) is 0 Å². The van der Waals surface area contributed by atoms with Gasteiger partial charge in [-0.3, -0.25) is 4.98 Å². The maximum Gasteiger partial charge on any atom is 0.373 e. The highest BCUT2D eigenvalue weighted by molar-refractivity contribution is 5.68. The number of aromatic nitrogens is 6. The van der Waals surface area contributed by atoms with Gasteiger partial charge in [0.15, 0.2) is 0 Å². The predicted octanol–water partition coefficient (Wildman–Crippen LogP) is 2.90. The molecule has 0 spiro atoms. The highest BCUT2D eigenvalue weighted by Crippen LogP contribution is 2.25. The van der Waals surface area contributed by atoms with Crippen LogP contribution in [0.15, 0.2) is 54.7 Å². The average Bonchev–Trinajstić information content (AvgIpc) is 3.61. The van der Waals surface area contributed by atoms with Gasteiger partial charge in [-0.2, -0.15) is 14.9 Å². The van der Waals surface area contributed by atoms with Crippen LogP contribution in [0.4, 0.5) is 5.95 Å². The fraction of sp³-hybridized carbons (Fsp3) is 0.269. The number of hydrogen-bond acceptors (Lipinski definition) is 10. The molecule has 3 aromatic heterocycles. The minimum atomic E-state index is 0.154. The third-order valence-corrected chi connectivity index (χ3v) is 5.63. The Balaban J connectivity index is 0.00000102. The summed E-state index contributed by atoms with van der Waals surface area (Å²) in [6.45, 7) is 3.94. The number of nitriles is 1. The van der Waals surface area contributed by atoms with E-state index >= 15 is 0 Å². The first-order valence-corrected chi connectivity index (χ1v) is 11.7. The molecule has 1 fully saturated rings. The van der Waals surface area contributed by atoms with E-state index < -0.39 is 0 Å². The molecule has 186 valence electrons. The average molecular weight is 497 g/mol. The second-order valence-corrected chi connectivity index (χ2v) is 8.22. The Hall–Kier alpha value is -4.78. The molecule has 0 saturated carbocycles. The van der Waals surface area contributed by atoms with Crippen molar-refractivity contribution in [3.63, 3.8) is 0 Å². The Labute approximate surface area is 213 Å². The molecule has 0 amide bonds. The van der Waals surface area contributed by atoms with Crippen molar-refractivity contribution in [1.29, 1.82) is 5.26 Å². The number of ether oxygens (including phenoxy) is 1. The maximum atomic E-state index is 9.31. The molecular weight excluding hydrogens is 472 g/mol. The van der Waals surface area contributed by atoms with E-state index in [0.29, 0.717) is 41.7 Å². The molecular formula is C26H24N8O3. The number of pyridine rings is 1. The van der Waals surface area contributed by atoms with Gasteiger partial charge in [-0.25, -0.2) is 14.6 Å². The SMILES string of the molecule is CCc1cccc(Cn2cc(-c3cc(-c4cccc(C#N)c4)nc(N[C@@H]4CCOC4)n3)nn2)n1.O=C=O. The molecule has 4 aromatic rings. The Morgan fingerprint density at radius 2 is 1.84 bits per heavy atom. The molecule has 0 bridgehead atoms. The van der Waals surface area contributed by atoms with E-state index in [2.05, 4.69) is 33.6 Å². The van der Waals surface area contributed by atoms with Gasteiger partial charge in [-0.15, -0.1) is 5.10 Å². The first-order chi connectivity index (χ1) is 18.1. The van der Waals surface area contributed by atoms with E-state index in [1.807, 2.05) is 48.7 Å². The number of hydrogen-bond donors (Lipinski definition) is 1. The van der Waals surface area contributed by atoms with Crippen molar-refractivity contribution >= 4 is 12.1 Å². The van der Waals surface area contributed by atoms with Crippen molar-refractivity contribution < 1.29 is 14.3 Å². The van der Waals surface area contributed by atoms with Crippen molar-refractivity contribution in [2.75, 3.05) is 18.5 Å². The molecule has 0 radical (unpaired) electrons. The van der Waals surface area contributed by atoms with E-state index in [9.17, 15) is 5.26 Å². The van der Waals surface area contributed by atoms with Gasteiger partial charge in [-0.05, 0) is 43.2 Å². The first kappa shape index (κ1) is 25.3. The fourth-order valence-electron chi connectivity index (χ4n) is 3.84. The van der Waals surface area contributed by atoms with Crippen molar-refractivity contribution in [1.82, 2.24) is 29.9 Å². The molecule has 1 aliphatic rings. The number of carbonyl (C=O) groups excluding carboxylic acids is 2. The van der Waals surface area contributed by atoms with Crippen molar-refractivity contribution in [3.8, 4) is 28.7 Å². The van der Waals surface area contributed by atoms with E-state index in [0.717, 1.165) is 36.4 Å². The number of rotatable bonds is 7. The molecule has 5 rings (SSSR count). The number of benzene rings is 1. The lowest BCUT2D eigenvalue weighted by molar-refractivity contribution is -0.191. The molecule has 1 saturated heterocycles. The molecule has 4 heterocycles. The van der Waals surface area contributed by atoms with Gasteiger partial charge in [-0.1, -0.05) is 30.3 Å². The van der Waals surface area contributed by atoms with Gasteiger partial charge in [0.25, 0.3) is 0 Å². The maximum absolute atomic E-state index is 9.31. The molecule has 1 N–H and O–H groups in total. The van der Waals surface area contributed by atoms with E-state index in [1.54, 1.807) is 10.7 Å². The standard InChI is InChI=1S/C25H24N8O.CO2/c1-2-19-7-4-8-20(27-19)14-33-15-24(31-32-33)23-12-22(18-6-3-5-17(11-18)13-26)29-25(30-23)28-21-9-10-34-16-21;2-1-3/h3-8,11-12,15,21H,2,9-10,14,16H2,1H3,(H,28,29,30);/t21-;/m1./s1. The van der Waals surface area contributed by atoms with E-state index in [-0.39, 0.29) is 12.2 Å². The molecule has 11 heteroatoms. The van der Waals surface area contributed by atoms with Gasteiger partial charge in [0.1, 0.15) is 5.69 Å². The van der Waals surface area contributed by atoms with Gasteiger partial charge in [0, 0.05) is 17.9 Å². The van der Waals surface area contributed by atoms with Crippen molar-refractivity contribution in [3.05, 3.63) is 71.7 Å². The Kier molecular flexibility index (Phi) is 8.39. The minimum absolute atomic E-state index is 0.154. The van der Waals surface area contributed by atoms with Gasteiger partial charge in [0.05, 0.1) is 54.1 Å². The monoisotopic (exact) mass is 496 g/mol. The molecule has 1 aliphatic heterocycles. The molecule has 1 aromatic carbocycles. The Morgan fingerprint density at radius 1 is 1.05 bits per heavy atom. The predicted molar refractivity (Wildman–Crippen MR) is 132 cm³/mol. The van der Waals surface area contributed by atoms with Gasteiger partial charge < -0.3 is 10.1 Å². The zero-order chi connectivity index (χ0) is 26.0. The van der Waals surface area contributed by atoms with Gasteiger partial charge in [0.2, 0.25) is 5.95 Å². The van der Waals surface area contributed by atoms with Crippen LogP contribution in [-0.2, 0) is 27.3 Å². The third kappa shape index (κ3) is 6.67. The summed E-state index contributed by atoms with van der Waals surface area (Å²) in [5, 5.41) is 21.3. The Morgan fingerprint density at radius 3 is 2.59 bits per heavy atom. The van der Waals surface area contributed by atoms with Crippen LogP contribution in [0.5, 0.6) is 0 Å². The van der Waals surface area contributed by atoms with Crippen LogP contribution < -0.4 is 5.32 Å². The number of nitrogens with one attached hydrogen (secondary N) is 1. The summed E-state index contributed by atoms with van der Waals surface area (Å²) < 4.78 is 7.24. The smallest absolute Gasteiger partial charge is 0.373 e. The zero-order valence-corrected chi connectivity index (χ0v) is 20.2. The minimum Gasteiger partial charge on any atom is -0.379 e. The molecule has 0 unspecified atom stereocenters. The first-order valence-electron chi connectivity index (χ1n) is 11.7. The summed E-state index contributed by atoms with van der Waals surface area (Å²) in [6, 6.07) is 17.6. The normalized spacial score (nSPS) is 14.2.